The van der Waals surface area contributed by atoms with Crippen LogP contribution in [0.15, 0.2) is 0 Å². The second-order valence-corrected chi connectivity index (χ2v) is 4.53. The number of aliphatic hydroxyl groups is 1. The number of rotatable bonds is 2. The summed E-state index contributed by atoms with van der Waals surface area (Å²) >= 11 is 0. The summed E-state index contributed by atoms with van der Waals surface area (Å²) < 4.78 is 20.0. The molecule has 1 rings (SSSR count). The Morgan fingerprint density at radius 1 is 1.40 bits per heavy atom. The molecule has 0 spiro atoms. The van der Waals surface area contributed by atoms with E-state index in [4.69, 9.17) is 5.11 Å². The van der Waals surface area contributed by atoms with Crippen molar-refractivity contribution in [2.45, 2.75) is 6.42 Å². The predicted octanol–water partition coefficient (Wildman–Crippen LogP) is 0.350. The Labute approximate surface area is 61.9 Å². The molecule has 0 atom stereocenters. The summed E-state index contributed by atoms with van der Waals surface area (Å²) in [6.45, 7) is 1.07. The molecule has 4 nitrogen and oxygen atoms in total. The normalized spacial score (nSPS) is 28.7. The largest absolute Gasteiger partial charge is 0.395 e. The van der Waals surface area contributed by atoms with Gasteiger partial charge in [-0.25, -0.2) is 4.31 Å². The Kier molecular flexibility index (Phi) is 2.54. The van der Waals surface area contributed by atoms with Gasteiger partial charge >= 0.3 is 0 Å². The lowest BCUT2D eigenvalue weighted by atomic mass is 10.5. The van der Waals surface area contributed by atoms with Gasteiger partial charge in [0, 0.05) is 13.1 Å². The van der Waals surface area contributed by atoms with E-state index in [0.29, 0.717) is 18.8 Å². The molecule has 10 heavy (non-hydrogen) atoms. The predicted molar refractivity (Wildman–Crippen MR) is 41.0 cm³/mol. The van der Waals surface area contributed by atoms with Crippen molar-refractivity contribution >= 4 is 10.8 Å². The highest BCUT2D eigenvalue weighted by molar-refractivity contribution is 8.22. The summed E-state index contributed by atoms with van der Waals surface area (Å²) in [6.07, 6.45) is 0.822. The maximum atomic E-state index is 9.24. The molecule has 5 heteroatoms. The third-order valence-corrected chi connectivity index (χ3v) is 3.62. The Morgan fingerprint density at radius 2 is 2.10 bits per heavy atom. The summed E-state index contributed by atoms with van der Waals surface area (Å²) in [4.78, 5) is 0. The summed E-state index contributed by atoms with van der Waals surface area (Å²) in [6, 6.07) is 0. The first kappa shape index (κ1) is 8.29. The van der Waals surface area contributed by atoms with Crippen molar-refractivity contribution in [3.8, 4) is 0 Å². The van der Waals surface area contributed by atoms with E-state index in [2.05, 4.69) is 0 Å². The fraction of sp³-hybridized carbons (Fsp3) is 1.00. The molecule has 3 N–H and O–H groups in total. The monoisotopic (exact) mass is 167 g/mol. The summed E-state index contributed by atoms with van der Waals surface area (Å²) in [5, 5.41) is 8.51. The molecule has 0 aromatic rings. The average Bonchev–Trinajstić information content (AvgIpc) is 2.13. The van der Waals surface area contributed by atoms with Gasteiger partial charge in [0.25, 0.3) is 0 Å². The summed E-state index contributed by atoms with van der Waals surface area (Å²) in [7, 11) is -2.48. The minimum Gasteiger partial charge on any atom is -0.395 e. The van der Waals surface area contributed by atoms with Crippen molar-refractivity contribution in [1.29, 1.82) is 0 Å². The van der Waals surface area contributed by atoms with Gasteiger partial charge in [0.15, 0.2) is 0 Å². The van der Waals surface area contributed by atoms with Crippen molar-refractivity contribution in [2.75, 3.05) is 25.4 Å². The number of hydrogen-bond acceptors (Lipinski definition) is 4. The molecule has 1 aliphatic heterocycles. The van der Waals surface area contributed by atoms with E-state index in [1.54, 1.807) is 4.31 Å². The second kappa shape index (κ2) is 3.06. The standard InChI is InChI=1S/C5H13NO3S/c7-4-3-6-2-1-5-10(6,8)9/h7-9H,1-5H2. The molecule has 0 unspecified atom stereocenters. The van der Waals surface area contributed by atoms with E-state index in [1.807, 2.05) is 0 Å². The highest BCUT2D eigenvalue weighted by Gasteiger charge is 2.27. The molecule has 62 valence electrons. The smallest absolute Gasteiger partial charge is 0.0575 e. The van der Waals surface area contributed by atoms with Crippen molar-refractivity contribution < 1.29 is 14.2 Å². The van der Waals surface area contributed by atoms with Crippen LogP contribution in [0.4, 0.5) is 0 Å². The number of hydrogen-bond donors (Lipinski definition) is 3. The number of β-amino-alcohol motifs (C(OH)–C–C–N with tert-alkyl or cyclic N) is 1. The van der Waals surface area contributed by atoms with E-state index >= 15 is 0 Å². The van der Waals surface area contributed by atoms with Gasteiger partial charge in [0.2, 0.25) is 0 Å². The van der Waals surface area contributed by atoms with Crippen molar-refractivity contribution in [2.24, 2.45) is 0 Å². The van der Waals surface area contributed by atoms with Crippen LogP contribution < -0.4 is 0 Å². The van der Waals surface area contributed by atoms with Gasteiger partial charge in [-0.1, -0.05) is 0 Å². The van der Waals surface area contributed by atoms with Gasteiger partial charge < -0.3 is 5.11 Å². The molecule has 1 fully saturated rings. The van der Waals surface area contributed by atoms with E-state index in [-0.39, 0.29) is 6.61 Å². The maximum Gasteiger partial charge on any atom is 0.0575 e. The zero-order valence-corrected chi connectivity index (χ0v) is 6.55. The molecule has 0 bridgehead atoms. The van der Waals surface area contributed by atoms with Crippen molar-refractivity contribution in [3.63, 3.8) is 0 Å². The fourth-order valence-electron chi connectivity index (χ4n) is 1.08. The third-order valence-electron chi connectivity index (χ3n) is 1.59. The summed E-state index contributed by atoms with van der Waals surface area (Å²) in [5.41, 5.74) is 0. The zero-order chi connectivity index (χ0) is 7.61. The Balaban J connectivity index is 2.43. The highest BCUT2D eigenvalue weighted by atomic mass is 32.3. The third kappa shape index (κ3) is 1.62. The van der Waals surface area contributed by atoms with Crippen LogP contribution in [0.3, 0.4) is 0 Å². The molecule has 0 aromatic heterocycles. The van der Waals surface area contributed by atoms with E-state index in [9.17, 15) is 9.11 Å². The van der Waals surface area contributed by atoms with Crippen LogP contribution in [0.2, 0.25) is 0 Å². The van der Waals surface area contributed by atoms with Crippen LogP contribution in [0.25, 0.3) is 0 Å². The molecule has 0 saturated carbocycles. The lowest BCUT2D eigenvalue weighted by Crippen LogP contribution is -2.25. The van der Waals surface area contributed by atoms with Crippen LogP contribution in [-0.4, -0.2) is 44.0 Å². The Bertz CT molecular complexity index is 119. The molecule has 0 aliphatic carbocycles. The van der Waals surface area contributed by atoms with Gasteiger partial charge in [-0.15, -0.1) is 10.8 Å². The first-order chi connectivity index (χ1) is 4.67. The van der Waals surface area contributed by atoms with Gasteiger partial charge in [-0.2, -0.15) is 0 Å². The topological polar surface area (TPSA) is 63.9 Å². The number of nitrogens with zero attached hydrogens (tertiary/aromatic N) is 1. The van der Waals surface area contributed by atoms with E-state index in [0.717, 1.165) is 6.42 Å². The van der Waals surface area contributed by atoms with Crippen LogP contribution in [0.1, 0.15) is 6.42 Å². The van der Waals surface area contributed by atoms with Crippen LogP contribution in [0, 0.1) is 0 Å². The maximum absolute atomic E-state index is 9.24. The van der Waals surface area contributed by atoms with Crippen LogP contribution >= 0.6 is 10.8 Å². The average molecular weight is 167 g/mol. The molecular weight excluding hydrogens is 154 g/mol. The quantitative estimate of drug-likeness (QED) is 0.555. The molecule has 1 aliphatic rings. The van der Waals surface area contributed by atoms with Gasteiger partial charge in [0.05, 0.1) is 12.4 Å². The van der Waals surface area contributed by atoms with E-state index < -0.39 is 10.8 Å². The molecule has 0 amide bonds. The van der Waals surface area contributed by atoms with Crippen LogP contribution in [0.5, 0.6) is 0 Å². The van der Waals surface area contributed by atoms with Gasteiger partial charge in [-0.3, -0.25) is 9.11 Å². The minimum absolute atomic E-state index is 0.00410. The zero-order valence-electron chi connectivity index (χ0n) is 5.73. The molecule has 0 radical (unpaired) electrons. The first-order valence-electron chi connectivity index (χ1n) is 3.29. The van der Waals surface area contributed by atoms with Crippen molar-refractivity contribution in [3.05, 3.63) is 0 Å². The van der Waals surface area contributed by atoms with Crippen molar-refractivity contribution in [1.82, 2.24) is 4.31 Å². The molecule has 1 heterocycles. The lowest BCUT2D eigenvalue weighted by Gasteiger charge is -2.36. The van der Waals surface area contributed by atoms with Crippen LogP contribution in [-0.2, 0) is 0 Å². The molecular formula is C5H13NO3S. The first-order valence-corrected chi connectivity index (χ1v) is 4.96. The molecule has 1 saturated heterocycles. The Hall–Kier alpha value is 0.190. The van der Waals surface area contributed by atoms with Gasteiger partial charge in [0.1, 0.15) is 0 Å². The number of aliphatic hydroxyl groups excluding tert-OH is 1. The molecule has 0 aromatic carbocycles. The highest BCUT2D eigenvalue weighted by Crippen LogP contribution is 2.47. The summed E-state index contributed by atoms with van der Waals surface area (Å²) in [5.74, 6) is 0.465. The van der Waals surface area contributed by atoms with E-state index in [1.165, 1.54) is 0 Å². The van der Waals surface area contributed by atoms with Gasteiger partial charge in [-0.05, 0) is 6.42 Å². The lowest BCUT2D eigenvalue weighted by molar-refractivity contribution is 0.250. The SMILES string of the molecule is OCCN1CCCS1(O)O. The Morgan fingerprint density at radius 3 is 2.50 bits per heavy atom. The minimum atomic E-state index is -2.48. The second-order valence-electron chi connectivity index (χ2n) is 2.34. The fourth-order valence-corrected chi connectivity index (χ4v) is 2.65.